The Hall–Kier alpha value is -2.81. The fourth-order valence-corrected chi connectivity index (χ4v) is 3.59. The van der Waals surface area contributed by atoms with Gasteiger partial charge >= 0.3 is 6.09 Å². The van der Waals surface area contributed by atoms with Crippen LogP contribution in [0.15, 0.2) is 18.3 Å². The number of nitrogens with one attached hydrogen (secondary N) is 1. The van der Waals surface area contributed by atoms with Crippen molar-refractivity contribution in [1.29, 1.82) is 5.26 Å². The average molecular weight is 366 g/mol. The van der Waals surface area contributed by atoms with Crippen LogP contribution in [0, 0.1) is 25.2 Å². The molecule has 1 aromatic carbocycles. The predicted molar refractivity (Wildman–Crippen MR) is 106 cm³/mol. The van der Waals surface area contributed by atoms with E-state index in [2.05, 4.69) is 28.5 Å². The molecule has 2 heterocycles. The van der Waals surface area contributed by atoms with Crippen LogP contribution in [-0.4, -0.2) is 41.2 Å². The molecule has 0 saturated carbocycles. The third kappa shape index (κ3) is 4.13. The number of anilines is 1. The van der Waals surface area contributed by atoms with Crippen LogP contribution in [0.4, 0.5) is 10.5 Å². The summed E-state index contributed by atoms with van der Waals surface area (Å²) >= 11 is 0. The molecule has 6 nitrogen and oxygen atoms in total. The van der Waals surface area contributed by atoms with E-state index in [0.29, 0.717) is 18.7 Å². The van der Waals surface area contributed by atoms with Crippen LogP contribution in [0.2, 0.25) is 0 Å². The van der Waals surface area contributed by atoms with Crippen LogP contribution in [0.5, 0.6) is 0 Å². The van der Waals surface area contributed by atoms with E-state index >= 15 is 0 Å². The van der Waals surface area contributed by atoms with Crippen molar-refractivity contribution in [2.45, 2.75) is 52.7 Å². The van der Waals surface area contributed by atoms with E-state index < -0.39 is 0 Å². The van der Waals surface area contributed by atoms with Gasteiger partial charge in [0.05, 0.1) is 22.9 Å². The maximum atomic E-state index is 12.1. The van der Waals surface area contributed by atoms with Gasteiger partial charge < -0.3 is 15.0 Å². The number of fused-ring (bicyclic) bond motifs is 1. The Kier molecular flexibility index (Phi) is 5.50. The standard InChI is InChI=1S/C21H26N4O2/c1-13(2)27-21(26)25-7-5-17(6-8-25)24-20-16(11-22)12-23-19-15(4)9-14(3)10-18(19)20/h9-10,12-13,17H,5-8H2,1-4H3,(H,23,24). The number of hydrogen-bond donors (Lipinski definition) is 1. The summed E-state index contributed by atoms with van der Waals surface area (Å²) in [4.78, 5) is 18.3. The van der Waals surface area contributed by atoms with E-state index in [0.717, 1.165) is 40.6 Å². The number of nitrogens with zero attached hydrogens (tertiary/aromatic N) is 3. The maximum absolute atomic E-state index is 12.1. The van der Waals surface area contributed by atoms with Gasteiger partial charge in [-0.15, -0.1) is 0 Å². The number of aryl methyl sites for hydroxylation is 2. The van der Waals surface area contributed by atoms with Crippen molar-refractivity contribution in [2.24, 2.45) is 0 Å². The third-order valence-electron chi connectivity index (χ3n) is 4.86. The lowest BCUT2D eigenvalue weighted by molar-refractivity contribution is 0.0701. The van der Waals surface area contributed by atoms with E-state index in [1.807, 2.05) is 27.7 Å². The van der Waals surface area contributed by atoms with Gasteiger partial charge in [-0.2, -0.15) is 5.26 Å². The molecule has 1 N–H and O–H groups in total. The van der Waals surface area contributed by atoms with Crippen molar-refractivity contribution >= 4 is 22.7 Å². The van der Waals surface area contributed by atoms with E-state index in [1.54, 1.807) is 11.1 Å². The normalized spacial score (nSPS) is 15.0. The number of benzene rings is 1. The van der Waals surface area contributed by atoms with Gasteiger partial charge in [-0.05, 0) is 52.2 Å². The van der Waals surface area contributed by atoms with Crippen LogP contribution >= 0.6 is 0 Å². The Labute approximate surface area is 160 Å². The zero-order valence-electron chi connectivity index (χ0n) is 16.4. The summed E-state index contributed by atoms with van der Waals surface area (Å²) in [5.74, 6) is 0. The predicted octanol–water partition coefficient (Wildman–Crippen LogP) is 4.14. The number of ether oxygens (including phenoxy) is 1. The summed E-state index contributed by atoms with van der Waals surface area (Å²) in [6, 6.07) is 6.63. The van der Waals surface area contributed by atoms with Crippen molar-refractivity contribution in [3.8, 4) is 6.07 Å². The molecule has 1 aromatic heterocycles. The number of nitriles is 1. The zero-order valence-corrected chi connectivity index (χ0v) is 16.4. The highest BCUT2D eigenvalue weighted by atomic mass is 16.6. The van der Waals surface area contributed by atoms with E-state index in [-0.39, 0.29) is 18.2 Å². The lowest BCUT2D eigenvalue weighted by atomic mass is 10.0. The molecule has 1 saturated heterocycles. The number of amides is 1. The van der Waals surface area contributed by atoms with Gasteiger partial charge in [0, 0.05) is 30.7 Å². The Morgan fingerprint density at radius 2 is 2.04 bits per heavy atom. The molecule has 0 bridgehead atoms. The highest BCUT2D eigenvalue weighted by Gasteiger charge is 2.25. The van der Waals surface area contributed by atoms with Crippen LogP contribution in [0.1, 0.15) is 43.4 Å². The molecule has 1 aliphatic rings. The summed E-state index contributed by atoms with van der Waals surface area (Å²) in [7, 11) is 0. The van der Waals surface area contributed by atoms with Gasteiger partial charge in [0.1, 0.15) is 6.07 Å². The first-order valence-corrected chi connectivity index (χ1v) is 9.41. The van der Waals surface area contributed by atoms with Gasteiger partial charge in [-0.1, -0.05) is 11.6 Å². The molecule has 2 aromatic rings. The molecule has 0 atom stereocenters. The van der Waals surface area contributed by atoms with Crippen molar-refractivity contribution in [3.63, 3.8) is 0 Å². The van der Waals surface area contributed by atoms with Gasteiger partial charge in [0.25, 0.3) is 0 Å². The molecule has 27 heavy (non-hydrogen) atoms. The van der Waals surface area contributed by atoms with Gasteiger partial charge in [-0.25, -0.2) is 4.79 Å². The number of likely N-dealkylation sites (tertiary alicyclic amines) is 1. The monoisotopic (exact) mass is 366 g/mol. The fourth-order valence-electron chi connectivity index (χ4n) is 3.59. The molecule has 1 fully saturated rings. The minimum Gasteiger partial charge on any atom is -0.447 e. The third-order valence-corrected chi connectivity index (χ3v) is 4.86. The van der Waals surface area contributed by atoms with Crippen LogP contribution in [0.25, 0.3) is 10.9 Å². The van der Waals surface area contributed by atoms with Crippen LogP contribution < -0.4 is 5.32 Å². The maximum Gasteiger partial charge on any atom is 0.410 e. The number of aromatic nitrogens is 1. The first-order chi connectivity index (χ1) is 12.9. The van der Waals surface area contributed by atoms with E-state index in [4.69, 9.17) is 4.74 Å². The molecule has 1 amide bonds. The van der Waals surface area contributed by atoms with Crippen molar-refractivity contribution in [3.05, 3.63) is 35.0 Å². The minimum absolute atomic E-state index is 0.110. The lowest BCUT2D eigenvalue weighted by Gasteiger charge is -2.33. The van der Waals surface area contributed by atoms with Gasteiger partial charge in [0.15, 0.2) is 0 Å². The topological polar surface area (TPSA) is 78.3 Å². The number of rotatable bonds is 3. The van der Waals surface area contributed by atoms with Crippen molar-refractivity contribution in [1.82, 2.24) is 9.88 Å². The number of carbonyl (C=O) groups excluding carboxylic acids is 1. The second-order valence-corrected chi connectivity index (χ2v) is 7.47. The summed E-state index contributed by atoms with van der Waals surface area (Å²) in [6.45, 7) is 9.09. The summed E-state index contributed by atoms with van der Waals surface area (Å²) in [5.41, 5.74) is 4.56. The smallest absolute Gasteiger partial charge is 0.410 e. The highest BCUT2D eigenvalue weighted by Crippen LogP contribution is 2.30. The zero-order chi connectivity index (χ0) is 19.6. The largest absolute Gasteiger partial charge is 0.447 e. The van der Waals surface area contributed by atoms with Crippen LogP contribution in [0.3, 0.4) is 0 Å². The second-order valence-electron chi connectivity index (χ2n) is 7.47. The molecule has 6 heteroatoms. The Balaban J connectivity index is 1.80. The Bertz CT molecular complexity index is 893. The van der Waals surface area contributed by atoms with Gasteiger partial charge in [-0.3, -0.25) is 4.98 Å². The summed E-state index contributed by atoms with van der Waals surface area (Å²) in [5, 5.41) is 14.1. The molecule has 3 rings (SSSR count). The van der Waals surface area contributed by atoms with E-state index in [9.17, 15) is 10.1 Å². The highest BCUT2D eigenvalue weighted by molar-refractivity contribution is 5.96. The first-order valence-electron chi connectivity index (χ1n) is 9.41. The van der Waals surface area contributed by atoms with Crippen molar-refractivity contribution < 1.29 is 9.53 Å². The average Bonchev–Trinajstić information content (AvgIpc) is 2.62. The quantitative estimate of drug-likeness (QED) is 0.883. The Morgan fingerprint density at radius 3 is 2.67 bits per heavy atom. The molecular formula is C21H26N4O2. The molecule has 0 spiro atoms. The van der Waals surface area contributed by atoms with Gasteiger partial charge in [0.2, 0.25) is 0 Å². The number of piperidine rings is 1. The summed E-state index contributed by atoms with van der Waals surface area (Å²) < 4.78 is 5.28. The molecule has 0 aliphatic carbocycles. The van der Waals surface area contributed by atoms with Crippen LogP contribution in [-0.2, 0) is 4.74 Å². The number of carbonyl (C=O) groups is 1. The lowest BCUT2D eigenvalue weighted by Crippen LogP contribution is -2.43. The fraction of sp³-hybridized carbons (Fsp3) is 0.476. The SMILES string of the molecule is Cc1cc(C)c2ncc(C#N)c(NC3CCN(C(=O)OC(C)C)CC3)c2c1. The molecule has 0 unspecified atom stereocenters. The number of pyridine rings is 1. The number of hydrogen-bond acceptors (Lipinski definition) is 5. The molecule has 142 valence electrons. The minimum atomic E-state index is -0.248. The molecular weight excluding hydrogens is 340 g/mol. The molecule has 0 radical (unpaired) electrons. The first kappa shape index (κ1) is 19.0. The van der Waals surface area contributed by atoms with Crippen molar-refractivity contribution in [2.75, 3.05) is 18.4 Å². The Morgan fingerprint density at radius 1 is 1.33 bits per heavy atom. The molecule has 1 aliphatic heterocycles. The summed E-state index contributed by atoms with van der Waals surface area (Å²) in [6.07, 6.45) is 2.91. The van der Waals surface area contributed by atoms with E-state index in [1.165, 1.54) is 0 Å². The second kappa shape index (κ2) is 7.83.